The Hall–Kier alpha value is -0.460. The Morgan fingerprint density at radius 1 is 0.893 bits per heavy atom. The minimum atomic E-state index is -1.05. The van der Waals surface area contributed by atoms with E-state index in [1.165, 1.54) is 70.6 Å². The zero-order chi connectivity index (χ0) is 20.5. The first-order chi connectivity index (χ1) is 13.7. The molecule has 1 aliphatic rings. The zero-order valence-electron chi connectivity index (χ0n) is 17.8. The molecule has 0 aliphatic carbocycles. The van der Waals surface area contributed by atoms with Crippen molar-refractivity contribution >= 4 is 0 Å². The molecule has 0 amide bonds. The Kier molecular flexibility index (Phi) is 15.9. The Morgan fingerprint density at radius 2 is 1.39 bits per heavy atom. The summed E-state index contributed by atoms with van der Waals surface area (Å²) in [7, 11) is 0. The second-order valence-electron chi connectivity index (χ2n) is 8.12. The highest BCUT2D eigenvalue weighted by atomic mass is 16.6. The molecule has 0 saturated carbocycles. The summed E-state index contributed by atoms with van der Waals surface area (Å²) in [4.78, 5) is 0. The highest BCUT2D eigenvalue weighted by Crippen LogP contribution is 2.20. The molecule has 3 N–H and O–H groups in total. The molecule has 0 unspecified atom stereocenters. The summed E-state index contributed by atoms with van der Waals surface area (Å²) >= 11 is 0. The largest absolute Gasteiger partial charge is 0.394 e. The molecule has 1 saturated heterocycles. The molecule has 5 nitrogen and oxygen atoms in total. The molecular formula is C23H44O5. The van der Waals surface area contributed by atoms with E-state index in [9.17, 15) is 10.2 Å². The molecule has 0 radical (unpaired) electrons. The van der Waals surface area contributed by atoms with Crippen LogP contribution in [0.15, 0.2) is 12.7 Å². The maximum Gasteiger partial charge on any atom is 0.114 e. The Morgan fingerprint density at radius 3 is 1.89 bits per heavy atom. The van der Waals surface area contributed by atoms with Crippen LogP contribution in [0, 0.1) is 0 Å². The number of ether oxygens (including phenoxy) is 2. The van der Waals surface area contributed by atoms with Gasteiger partial charge in [-0.1, -0.05) is 76.7 Å². The van der Waals surface area contributed by atoms with Crippen LogP contribution in [0.5, 0.6) is 0 Å². The first kappa shape index (κ1) is 25.6. The van der Waals surface area contributed by atoms with Crippen molar-refractivity contribution in [3.05, 3.63) is 12.7 Å². The maximum atomic E-state index is 10.1. The van der Waals surface area contributed by atoms with Gasteiger partial charge >= 0.3 is 0 Å². The minimum absolute atomic E-state index is 0.276. The van der Waals surface area contributed by atoms with Crippen molar-refractivity contribution in [3.63, 3.8) is 0 Å². The van der Waals surface area contributed by atoms with Gasteiger partial charge < -0.3 is 24.8 Å². The normalized spacial score (nSPS) is 23.2. The van der Waals surface area contributed by atoms with Gasteiger partial charge in [0, 0.05) is 6.61 Å². The molecule has 1 aliphatic heterocycles. The van der Waals surface area contributed by atoms with E-state index in [0.717, 1.165) is 19.3 Å². The zero-order valence-corrected chi connectivity index (χ0v) is 17.8. The summed E-state index contributed by atoms with van der Waals surface area (Å²) in [5.74, 6) is 0. The van der Waals surface area contributed by atoms with Crippen LogP contribution in [0.3, 0.4) is 0 Å². The van der Waals surface area contributed by atoms with E-state index < -0.39 is 31.0 Å². The topological polar surface area (TPSA) is 79.2 Å². The fourth-order valence-electron chi connectivity index (χ4n) is 3.77. The second-order valence-corrected chi connectivity index (χ2v) is 8.12. The third-order valence-corrected chi connectivity index (χ3v) is 5.62. The van der Waals surface area contributed by atoms with E-state index in [1.54, 1.807) is 0 Å². The van der Waals surface area contributed by atoms with Crippen LogP contribution in [0.25, 0.3) is 0 Å². The molecule has 28 heavy (non-hydrogen) atoms. The monoisotopic (exact) mass is 400 g/mol. The van der Waals surface area contributed by atoms with Crippen LogP contribution in [-0.4, -0.2) is 59.6 Å². The van der Waals surface area contributed by atoms with Gasteiger partial charge in [-0.2, -0.15) is 0 Å². The van der Waals surface area contributed by atoms with Gasteiger partial charge in [-0.05, 0) is 19.3 Å². The maximum absolute atomic E-state index is 10.1. The van der Waals surface area contributed by atoms with Gasteiger partial charge in [-0.25, -0.2) is 0 Å². The van der Waals surface area contributed by atoms with E-state index in [4.69, 9.17) is 14.6 Å². The molecule has 1 rings (SSSR count). The van der Waals surface area contributed by atoms with Gasteiger partial charge in [0.25, 0.3) is 0 Å². The highest BCUT2D eigenvalue weighted by Gasteiger charge is 2.40. The number of rotatable bonds is 19. The molecule has 1 heterocycles. The summed E-state index contributed by atoms with van der Waals surface area (Å²) in [5, 5.41) is 28.6. The Bertz CT molecular complexity index is 363. The first-order valence-corrected chi connectivity index (χ1v) is 11.5. The molecule has 0 bridgehead atoms. The third-order valence-electron chi connectivity index (χ3n) is 5.62. The van der Waals surface area contributed by atoms with E-state index in [1.807, 2.05) is 6.08 Å². The van der Waals surface area contributed by atoms with Gasteiger partial charge in [0.15, 0.2) is 0 Å². The summed E-state index contributed by atoms with van der Waals surface area (Å²) in [6.07, 6.45) is 17.0. The van der Waals surface area contributed by atoms with Crippen molar-refractivity contribution in [2.24, 2.45) is 0 Å². The molecule has 0 aromatic rings. The molecular weight excluding hydrogens is 356 g/mol. The number of aliphatic hydroxyl groups excluding tert-OH is 3. The van der Waals surface area contributed by atoms with Crippen molar-refractivity contribution in [1.29, 1.82) is 0 Å². The van der Waals surface area contributed by atoms with Gasteiger partial charge in [-0.15, -0.1) is 6.58 Å². The van der Waals surface area contributed by atoms with Crippen molar-refractivity contribution < 1.29 is 24.8 Å². The fourth-order valence-corrected chi connectivity index (χ4v) is 3.77. The first-order valence-electron chi connectivity index (χ1n) is 11.5. The quantitative estimate of drug-likeness (QED) is 0.224. The van der Waals surface area contributed by atoms with Crippen molar-refractivity contribution in [3.8, 4) is 0 Å². The lowest BCUT2D eigenvalue weighted by molar-refractivity contribution is -0.0730. The summed E-state index contributed by atoms with van der Waals surface area (Å²) in [6.45, 7) is 4.23. The van der Waals surface area contributed by atoms with Crippen LogP contribution in [0.2, 0.25) is 0 Å². The van der Waals surface area contributed by atoms with Crippen LogP contribution >= 0.6 is 0 Å². The number of allylic oxidation sites excluding steroid dienone is 1. The lowest BCUT2D eigenvalue weighted by Gasteiger charge is -2.20. The molecule has 0 aromatic heterocycles. The standard InChI is InChI=1S/C23H44O5/c1-2-3-4-5-6-7-8-9-10-11-12-13-14-15-16-17-27-21-19-28-23(22(21)26)20(25)18-24/h2,20-26H,1,3-19H2/t20-,21+,22-,23-/m1/s1. The number of unbranched alkanes of at least 4 members (excludes halogenated alkanes) is 13. The predicted octanol–water partition coefficient (Wildman–Crippen LogP) is 4.13. The van der Waals surface area contributed by atoms with E-state index in [2.05, 4.69) is 6.58 Å². The number of aliphatic hydroxyl groups is 3. The van der Waals surface area contributed by atoms with Crippen LogP contribution in [-0.2, 0) is 9.47 Å². The summed E-state index contributed by atoms with van der Waals surface area (Å²) in [5.41, 5.74) is 0. The van der Waals surface area contributed by atoms with Crippen molar-refractivity contribution in [1.82, 2.24) is 0 Å². The molecule has 4 atom stereocenters. The molecule has 166 valence electrons. The molecule has 1 fully saturated rings. The number of hydrogen-bond acceptors (Lipinski definition) is 5. The van der Waals surface area contributed by atoms with Gasteiger partial charge in [-0.3, -0.25) is 0 Å². The molecule has 5 heteroatoms. The van der Waals surface area contributed by atoms with Crippen LogP contribution < -0.4 is 0 Å². The van der Waals surface area contributed by atoms with Crippen LogP contribution in [0.1, 0.15) is 89.9 Å². The second kappa shape index (κ2) is 17.4. The Balaban J connectivity index is 1.81. The van der Waals surface area contributed by atoms with Gasteiger partial charge in [0.05, 0.1) is 13.2 Å². The third kappa shape index (κ3) is 11.5. The lowest BCUT2D eigenvalue weighted by atomic mass is 10.0. The van der Waals surface area contributed by atoms with Gasteiger partial charge in [0.2, 0.25) is 0 Å². The smallest absolute Gasteiger partial charge is 0.114 e. The molecule has 0 spiro atoms. The van der Waals surface area contributed by atoms with Gasteiger partial charge in [0.1, 0.15) is 24.4 Å². The lowest BCUT2D eigenvalue weighted by Crippen LogP contribution is -2.41. The van der Waals surface area contributed by atoms with E-state index in [-0.39, 0.29) is 6.61 Å². The van der Waals surface area contributed by atoms with E-state index in [0.29, 0.717) is 6.61 Å². The average molecular weight is 401 g/mol. The van der Waals surface area contributed by atoms with Crippen LogP contribution in [0.4, 0.5) is 0 Å². The highest BCUT2D eigenvalue weighted by molar-refractivity contribution is 4.88. The average Bonchev–Trinajstić information content (AvgIpc) is 3.07. The Labute approximate surface area is 172 Å². The van der Waals surface area contributed by atoms with E-state index >= 15 is 0 Å². The molecule has 0 aromatic carbocycles. The SMILES string of the molecule is C=CCCCCCCCCCCCCCCCO[C@H]1CO[C@H]([C@H](O)CO)[C@@H]1O. The fraction of sp³-hybridized carbons (Fsp3) is 0.913. The van der Waals surface area contributed by atoms with Crippen molar-refractivity contribution in [2.75, 3.05) is 19.8 Å². The van der Waals surface area contributed by atoms with Crippen molar-refractivity contribution in [2.45, 2.75) is 114 Å². The predicted molar refractivity (Wildman–Crippen MR) is 113 cm³/mol. The summed E-state index contributed by atoms with van der Waals surface area (Å²) < 4.78 is 11.0. The number of hydrogen-bond donors (Lipinski definition) is 3. The summed E-state index contributed by atoms with van der Waals surface area (Å²) in [6, 6.07) is 0. The minimum Gasteiger partial charge on any atom is -0.394 e.